The van der Waals surface area contributed by atoms with Gasteiger partial charge in [0.1, 0.15) is 0 Å². The van der Waals surface area contributed by atoms with Gasteiger partial charge in [0.2, 0.25) is 0 Å². The minimum absolute atomic E-state index is 0.00366. The molecular weight excluding hydrogens is 260 g/mol. The van der Waals surface area contributed by atoms with E-state index < -0.39 is 12.3 Å². The van der Waals surface area contributed by atoms with Crippen LogP contribution in [0.1, 0.15) is 12.0 Å². The Kier molecular flexibility index (Phi) is 8.37. The Hall–Kier alpha value is -1.63. The highest BCUT2D eigenvalue weighted by atomic mass is 16.5. The van der Waals surface area contributed by atoms with Crippen molar-refractivity contribution in [2.75, 3.05) is 26.4 Å². The highest BCUT2D eigenvalue weighted by Crippen LogP contribution is 2.02. The third-order valence-corrected chi connectivity index (χ3v) is 2.55. The smallest absolute Gasteiger partial charge is 0.314 e. The lowest BCUT2D eigenvalue weighted by Gasteiger charge is -2.11. The van der Waals surface area contributed by atoms with E-state index in [1.54, 1.807) is 0 Å². The van der Waals surface area contributed by atoms with Crippen LogP contribution in [0.4, 0.5) is 4.79 Å². The van der Waals surface area contributed by atoms with Gasteiger partial charge >= 0.3 is 6.03 Å². The van der Waals surface area contributed by atoms with E-state index in [4.69, 9.17) is 15.2 Å². The number of amides is 2. The SMILES string of the molecule is NC(=O)NC(O)COCCOCCCc1ccccc1. The molecule has 0 spiro atoms. The van der Waals surface area contributed by atoms with Gasteiger partial charge in [0.25, 0.3) is 0 Å². The van der Waals surface area contributed by atoms with Crippen LogP contribution in [0, 0.1) is 0 Å². The maximum Gasteiger partial charge on any atom is 0.314 e. The topological polar surface area (TPSA) is 93.8 Å². The molecule has 20 heavy (non-hydrogen) atoms. The number of urea groups is 1. The molecule has 1 unspecified atom stereocenters. The molecule has 4 N–H and O–H groups in total. The Morgan fingerprint density at radius 3 is 2.60 bits per heavy atom. The van der Waals surface area contributed by atoms with Crippen LogP contribution in [0.15, 0.2) is 30.3 Å². The number of nitrogens with two attached hydrogens (primary N) is 1. The zero-order valence-electron chi connectivity index (χ0n) is 11.5. The molecule has 112 valence electrons. The summed E-state index contributed by atoms with van der Waals surface area (Å²) in [5.74, 6) is 0. The average Bonchev–Trinajstić information content (AvgIpc) is 2.42. The number of nitrogens with one attached hydrogen (secondary N) is 1. The summed E-state index contributed by atoms with van der Waals surface area (Å²) < 4.78 is 10.5. The monoisotopic (exact) mass is 282 g/mol. The molecule has 6 nitrogen and oxygen atoms in total. The summed E-state index contributed by atoms with van der Waals surface area (Å²) in [4.78, 5) is 10.4. The Morgan fingerprint density at radius 1 is 1.20 bits per heavy atom. The standard InChI is InChI=1S/C14H22N2O4/c15-14(18)16-13(17)11-20-10-9-19-8-4-7-12-5-2-1-3-6-12/h1-3,5-6,13,17H,4,7-11H2,(H3,15,16,18). The number of benzene rings is 1. The minimum Gasteiger partial charge on any atom is -0.379 e. The van der Waals surface area contributed by atoms with E-state index in [-0.39, 0.29) is 6.61 Å². The number of carbonyl (C=O) groups is 1. The van der Waals surface area contributed by atoms with Crippen molar-refractivity contribution in [3.8, 4) is 0 Å². The van der Waals surface area contributed by atoms with E-state index in [9.17, 15) is 9.90 Å². The van der Waals surface area contributed by atoms with Gasteiger partial charge in [-0.2, -0.15) is 0 Å². The van der Waals surface area contributed by atoms with Gasteiger partial charge in [0.15, 0.2) is 6.23 Å². The molecule has 0 aliphatic rings. The number of aryl methyl sites for hydroxylation is 1. The van der Waals surface area contributed by atoms with E-state index >= 15 is 0 Å². The van der Waals surface area contributed by atoms with Crippen LogP contribution in [-0.2, 0) is 15.9 Å². The minimum atomic E-state index is -1.08. The molecule has 0 aliphatic carbocycles. The van der Waals surface area contributed by atoms with Crippen LogP contribution in [-0.4, -0.2) is 43.8 Å². The number of hydrogen-bond donors (Lipinski definition) is 3. The second-order valence-electron chi connectivity index (χ2n) is 4.30. The van der Waals surface area contributed by atoms with Gasteiger partial charge in [-0.3, -0.25) is 0 Å². The molecule has 0 radical (unpaired) electrons. The summed E-state index contributed by atoms with van der Waals surface area (Å²) in [6.07, 6.45) is 0.865. The third kappa shape index (κ3) is 8.47. The molecule has 2 amide bonds. The molecular formula is C14H22N2O4. The second kappa shape index (κ2) is 10.2. The Bertz CT molecular complexity index is 373. The van der Waals surface area contributed by atoms with Gasteiger partial charge in [-0.1, -0.05) is 30.3 Å². The molecule has 0 bridgehead atoms. The first-order valence-corrected chi connectivity index (χ1v) is 6.62. The molecule has 0 heterocycles. The van der Waals surface area contributed by atoms with Gasteiger partial charge < -0.3 is 25.6 Å². The van der Waals surface area contributed by atoms with Crippen molar-refractivity contribution in [2.45, 2.75) is 19.1 Å². The fraction of sp³-hybridized carbons (Fsp3) is 0.500. The number of ether oxygens (including phenoxy) is 2. The summed E-state index contributed by atoms with van der Waals surface area (Å²) in [5, 5.41) is 11.3. The number of rotatable bonds is 10. The number of aliphatic hydroxyl groups is 1. The number of primary amides is 1. The van der Waals surface area contributed by atoms with Crippen molar-refractivity contribution >= 4 is 6.03 Å². The molecule has 6 heteroatoms. The average molecular weight is 282 g/mol. The van der Waals surface area contributed by atoms with Gasteiger partial charge in [-0.05, 0) is 18.4 Å². The zero-order chi connectivity index (χ0) is 14.6. The van der Waals surface area contributed by atoms with Crippen molar-refractivity contribution in [1.29, 1.82) is 0 Å². The first-order valence-electron chi connectivity index (χ1n) is 6.62. The van der Waals surface area contributed by atoms with Crippen LogP contribution < -0.4 is 11.1 Å². The van der Waals surface area contributed by atoms with E-state index in [0.29, 0.717) is 19.8 Å². The predicted molar refractivity (Wildman–Crippen MR) is 75.1 cm³/mol. The summed E-state index contributed by atoms with van der Waals surface area (Å²) in [6, 6.07) is 9.45. The van der Waals surface area contributed by atoms with E-state index in [1.807, 2.05) is 18.2 Å². The van der Waals surface area contributed by atoms with E-state index in [0.717, 1.165) is 12.8 Å². The largest absolute Gasteiger partial charge is 0.379 e. The maximum absolute atomic E-state index is 10.4. The normalized spacial score (nSPS) is 12.1. The lowest BCUT2D eigenvalue weighted by Crippen LogP contribution is -2.41. The highest BCUT2D eigenvalue weighted by Gasteiger charge is 2.04. The van der Waals surface area contributed by atoms with E-state index in [1.165, 1.54) is 5.56 Å². The second-order valence-corrected chi connectivity index (χ2v) is 4.30. The number of carbonyl (C=O) groups excluding carboxylic acids is 1. The van der Waals surface area contributed by atoms with Crippen LogP contribution in [0.2, 0.25) is 0 Å². The molecule has 0 fully saturated rings. The Morgan fingerprint density at radius 2 is 1.90 bits per heavy atom. The molecule has 0 aromatic heterocycles. The molecule has 1 rings (SSSR count). The van der Waals surface area contributed by atoms with Crippen LogP contribution in [0.3, 0.4) is 0 Å². The van der Waals surface area contributed by atoms with Crippen molar-refractivity contribution in [3.05, 3.63) is 35.9 Å². The molecule has 1 aromatic rings. The summed E-state index contributed by atoms with van der Waals surface area (Å²) in [5.41, 5.74) is 6.14. The Balaban J connectivity index is 1.89. The van der Waals surface area contributed by atoms with Gasteiger partial charge in [-0.15, -0.1) is 0 Å². The van der Waals surface area contributed by atoms with Crippen molar-refractivity contribution < 1.29 is 19.4 Å². The van der Waals surface area contributed by atoms with Crippen molar-refractivity contribution in [2.24, 2.45) is 5.73 Å². The lowest BCUT2D eigenvalue weighted by molar-refractivity contribution is -0.00304. The van der Waals surface area contributed by atoms with Gasteiger partial charge in [0, 0.05) is 6.61 Å². The predicted octanol–water partition coefficient (Wildman–Crippen LogP) is 0.639. The quantitative estimate of drug-likeness (QED) is 0.433. The lowest BCUT2D eigenvalue weighted by atomic mass is 10.1. The first kappa shape index (κ1) is 16.4. The van der Waals surface area contributed by atoms with Crippen LogP contribution in [0.25, 0.3) is 0 Å². The highest BCUT2D eigenvalue weighted by molar-refractivity contribution is 5.71. The molecule has 1 aromatic carbocycles. The fourth-order valence-electron chi connectivity index (χ4n) is 1.64. The Labute approximate surface area is 118 Å². The van der Waals surface area contributed by atoms with Crippen molar-refractivity contribution in [3.63, 3.8) is 0 Å². The summed E-state index contributed by atoms with van der Waals surface area (Å²) in [7, 11) is 0. The maximum atomic E-state index is 10.4. The molecule has 0 aliphatic heterocycles. The molecule has 0 saturated carbocycles. The van der Waals surface area contributed by atoms with Crippen molar-refractivity contribution in [1.82, 2.24) is 5.32 Å². The van der Waals surface area contributed by atoms with Gasteiger partial charge in [0.05, 0.1) is 19.8 Å². The fourth-order valence-corrected chi connectivity index (χ4v) is 1.64. The summed E-state index contributed by atoms with van der Waals surface area (Å²) in [6.45, 7) is 1.48. The van der Waals surface area contributed by atoms with E-state index in [2.05, 4.69) is 17.4 Å². The summed E-state index contributed by atoms with van der Waals surface area (Å²) >= 11 is 0. The molecule has 1 atom stereocenters. The zero-order valence-corrected chi connectivity index (χ0v) is 11.5. The van der Waals surface area contributed by atoms with Crippen LogP contribution >= 0.6 is 0 Å². The number of aliphatic hydroxyl groups excluding tert-OH is 1. The molecule has 0 saturated heterocycles. The number of hydrogen-bond acceptors (Lipinski definition) is 4. The van der Waals surface area contributed by atoms with Crippen LogP contribution in [0.5, 0.6) is 0 Å². The first-order chi connectivity index (χ1) is 9.68. The van der Waals surface area contributed by atoms with Gasteiger partial charge in [-0.25, -0.2) is 4.79 Å². The third-order valence-electron chi connectivity index (χ3n) is 2.55.